The zero-order chi connectivity index (χ0) is 18.4. The zero-order valence-corrected chi connectivity index (χ0v) is 15.8. The van der Waals surface area contributed by atoms with E-state index in [-0.39, 0.29) is 12.0 Å². The van der Waals surface area contributed by atoms with E-state index in [1.807, 2.05) is 26.8 Å². The van der Waals surface area contributed by atoms with Crippen molar-refractivity contribution >= 4 is 17.7 Å². The standard InChI is InChI=1S/C19H25ClN2O3/c1-19(2,3)25-18(23)22-9-5-6-14(12-22)13-24-17(11-21)15-7-4-8-16(20)10-15/h4,7-8,10,14,17H,5-6,9,12-13H2,1-3H3/t14-,17+/m1/s1. The third-order valence-corrected chi connectivity index (χ3v) is 4.17. The Labute approximate surface area is 154 Å². The molecule has 2 atom stereocenters. The minimum absolute atomic E-state index is 0.191. The van der Waals surface area contributed by atoms with Gasteiger partial charge in [-0.05, 0) is 51.3 Å². The molecular formula is C19H25ClN2O3. The SMILES string of the molecule is CC(C)(C)OC(=O)N1CCC[C@@H](CO[C@@H](C#N)c2cccc(Cl)c2)C1. The van der Waals surface area contributed by atoms with Crippen molar-refractivity contribution in [3.63, 3.8) is 0 Å². The number of halogens is 1. The summed E-state index contributed by atoms with van der Waals surface area (Å²) in [6.45, 7) is 7.28. The number of nitrogens with zero attached hydrogens (tertiary/aromatic N) is 2. The molecule has 0 spiro atoms. The molecule has 1 aromatic rings. The van der Waals surface area contributed by atoms with Gasteiger partial charge in [-0.1, -0.05) is 23.7 Å². The number of likely N-dealkylation sites (tertiary alicyclic amines) is 1. The molecule has 1 saturated heterocycles. The van der Waals surface area contributed by atoms with Crippen LogP contribution in [0, 0.1) is 17.2 Å². The average Bonchev–Trinajstić information content (AvgIpc) is 2.54. The largest absolute Gasteiger partial charge is 0.444 e. The normalized spacial score (nSPS) is 19.2. The minimum Gasteiger partial charge on any atom is -0.444 e. The van der Waals surface area contributed by atoms with E-state index in [2.05, 4.69) is 6.07 Å². The summed E-state index contributed by atoms with van der Waals surface area (Å²) in [5.74, 6) is 0.191. The molecule has 136 valence electrons. The monoisotopic (exact) mass is 364 g/mol. The Kier molecular flexibility index (Phi) is 6.69. The average molecular weight is 365 g/mol. The summed E-state index contributed by atoms with van der Waals surface area (Å²) in [4.78, 5) is 13.9. The number of hydrogen-bond acceptors (Lipinski definition) is 4. The summed E-state index contributed by atoms with van der Waals surface area (Å²) in [5, 5.41) is 9.94. The van der Waals surface area contributed by atoms with E-state index in [1.54, 1.807) is 23.1 Å². The summed E-state index contributed by atoms with van der Waals surface area (Å²) in [5.41, 5.74) is 0.244. The van der Waals surface area contributed by atoms with Crippen LogP contribution in [0.25, 0.3) is 0 Å². The zero-order valence-electron chi connectivity index (χ0n) is 15.0. The third kappa shape index (κ3) is 6.22. The molecule has 1 aliphatic heterocycles. The second kappa shape index (κ2) is 8.55. The van der Waals surface area contributed by atoms with Gasteiger partial charge in [-0.25, -0.2) is 4.79 Å². The highest BCUT2D eigenvalue weighted by Crippen LogP contribution is 2.24. The fourth-order valence-corrected chi connectivity index (χ4v) is 3.00. The molecule has 6 heteroatoms. The molecule has 1 amide bonds. The molecule has 5 nitrogen and oxygen atoms in total. The molecule has 0 bridgehead atoms. The van der Waals surface area contributed by atoms with E-state index in [1.165, 1.54) is 0 Å². The second-order valence-electron chi connectivity index (χ2n) is 7.33. The molecular weight excluding hydrogens is 340 g/mol. The lowest BCUT2D eigenvalue weighted by atomic mass is 9.99. The van der Waals surface area contributed by atoms with Crippen LogP contribution in [0.2, 0.25) is 5.02 Å². The lowest BCUT2D eigenvalue weighted by Crippen LogP contribution is -2.43. The van der Waals surface area contributed by atoms with Gasteiger partial charge in [-0.15, -0.1) is 0 Å². The first kappa shape index (κ1) is 19.6. The van der Waals surface area contributed by atoms with Gasteiger partial charge in [0, 0.05) is 24.0 Å². The van der Waals surface area contributed by atoms with Crippen molar-refractivity contribution in [2.75, 3.05) is 19.7 Å². The van der Waals surface area contributed by atoms with E-state index in [9.17, 15) is 10.1 Å². The van der Waals surface area contributed by atoms with Gasteiger partial charge in [-0.3, -0.25) is 0 Å². The van der Waals surface area contributed by atoms with E-state index in [4.69, 9.17) is 21.1 Å². The smallest absolute Gasteiger partial charge is 0.410 e. The van der Waals surface area contributed by atoms with Crippen molar-refractivity contribution in [3.8, 4) is 6.07 Å². The molecule has 0 radical (unpaired) electrons. The summed E-state index contributed by atoms with van der Waals surface area (Å²) in [6, 6.07) is 9.30. The highest BCUT2D eigenvalue weighted by Gasteiger charge is 2.28. The molecule has 0 aliphatic carbocycles. The maximum absolute atomic E-state index is 12.2. The van der Waals surface area contributed by atoms with Crippen LogP contribution in [0.4, 0.5) is 4.79 Å². The van der Waals surface area contributed by atoms with Crippen LogP contribution in [0.5, 0.6) is 0 Å². The maximum Gasteiger partial charge on any atom is 0.410 e. The molecule has 1 fully saturated rings. The number of carbonyl (C=O) groups is 1. The highest BCUT2D eigenvalue weighted by molar-refractivity contribution is 6.30. The molecule has 1 aliphatic rings. The molecule has 2 rings (SSSR count). The topological polar surface area (TPSA) is 62.6 Å². The Morgan fingerprint density at radius 2 is 2.24 bits per heavy atom. The number of hydrogen-bond donors (Lipinski definition) is 0. The summed E-state index contributed by atoms with van der Waals surface area (Å²) in [7, 11) is 0. The third-order valence-electron chi connectivity index (χ3n) is 3.94. The van der Waals surface area contributed by atoms with Gasteiger partial charge in [0.25, 0.3) is 0 Å². The number of rotatable bonds is 4. The lowest BCUT2D eigenvalue weighted by Gasteiger charge is -2.34. The summed E-state index contributed by atoms with van der Waals surface area (Å²) < 4.78 is 11.2. The molecule has 0 saturated carbocycles. The lowest BCUT2D eigenvalue weighted by molar-refractivity contribution is 0.00173. The summed E-state index contributed by atoms with van der Waals surface area (Å²) in [6.07, 6.45) is 0.925. The Bertz CT molecular complexity index is 636. The Morgan fingerprint density at radius 3 is 2.88 bits per heavy atom. The first-order chi connectivity index (χ1) is 11.8. The van der Waals surface area contributed by atoms with Gasteiger partial charge in [0.05, 0.1) is 12.7 Å². The number of nitriles is 1. The van der Waals surface area contributed by atoms with Crippen LogP contribution in [-0.4, -0.2) is 36.3 Å². The van der Waals surface area contributed by atoms with Crippen LogP contribution in [-0.2, 0) is 9.47 Å². The molecule has 0 unspecified atom stereocenters. The van der Waals surface area contributed by atoms with Crippen molar-refractivity contribution in [3.05, 3.63) is 34.9 Å². The predicted molar refractivity (Wildman–Crippen MR) is 96.3 cm³/mol. The summed E-state index contributed by atoms with van der Waals surface area (Å²) >= 11 is 5.98. The van der Waals surface area contributed by atoms with E-state index in [0.29, 0.717) is 24.7 Å². The minimum atomic E-state index is -0.657. The number of piperidine rings is 1. The first-order valence-electron chi connectivity index (χ1n) is 8.53. The number of ether oxygens (including phenoxy) is 2. The van der Waals surface area contributed by atoms with E-state index >= 15 is 0 Å². The molecule has 25 heavy (non-hydrogen) atoms. The van der Waals surface area contributed by atoms with Crippen molar-refractivity contribution in [1.82, 2.24) is 4.90 Å². The fourth-order valence-electron chi connectivity index (χ4n) is 2.80. The molecule has 0 N–H and O–H groups in total. The molecule has 1 aromatic carbocycles. The molecule has 0 aromatic heterocycles. The van der Waals surface area contributed by atoms with Crippen LogP contribution in [0.15, 0.2) is 24.3 Å². The predicted octanol–water partition coefficient (Wildman–Crippen LogP) is 4.57. The van der Waals surface area contributed by atoms with Crippen LogP contribution in [0.1, 0.15) is 45.3 Å². The number of carbonyl (C=O) groups excluding carboxylic acids is 1. The Hall–Kier alpha value is -1.77. The fraction of sp³-hybridized carbons (Fsp3) is 0.579. The first-order valence-corrected chi connectivity index (χ1v) is 8.91. The highest BCUT2D eigenvalue weighted by atomic mass is 35.5. The van der Waals surface area contributed by atoms with Gasteiger partial charge >= 0.3 is 6.09 Å². The van der Waals surface area contributed by atoms with Gasteiger partial charge < -0.3 is 14.4 Å². The van der Waals surface area contributed by atoms with Crippen molar-refractivity contribution in [2.24, 2.45) is 5.92 Å². The van der Waals surface area contributed by atoms with Crippen molar-refractivity contribution in [1.29, 1.82) is 5.26 Å². The maximum atomic E-state index is 12.2. The van der Waals surface area contributed by atoms with Crippen LogP contribution >= 0.6 is 11.6 Å². The second-order valence-corrected chi connectivity index (χ2v) is 7.77. The van der Waals surface area contributed by atoms with Gasteiger partial charge in [-0.2, -0.15) is 5.26 Å². The van der Waals surface area contributed by atoms with E-state index in [0.717, 1.165) is 18.4 Å². The van der Waals surface area contributed by atoms with Gasteiger partial charge in [0.15, 0.2) is 6.10 Å². The molecule has 1 heterocycles. The quantitative estimate of drug-likeness (QED) is 0.785. The Morgan fingerprint density at radius 1 is 1.48 bits per heavy atom. The van der Waals surface area contributed by atoms with Crippen molar-refractivity contribution in [2.45, 2.75) is 45.3 Å². The van der Waals surface area contributed by atoms with E-state index < -0.39 is 11.7 Å². The van der Waals surface area contributed by atoms with Gasteiger partial charge in [0.2, 0.25) is 0 Å². The van der Waals surface area contributed by atoms with Gasteiger partial charge in [0.1, 0.15) is 5.60 Å². The number of benzene rings is 1. The van der Waals surface area contributed by atoms with Crippen LogP contribution < -0.4 is 0 Å². The van der Waals surface area contributed by atoms with Crippen LogP contribution in [0.3, 0.4) is 0 Å². The van der Waals surface area contributed by atoms with Crippen molar-refractivity contribution < 1.29 is 14.3 Å². The number of amides is 1. The Balaban J connectivity index is 1.89.